The van der Waals surface area contributed by atoms with Crippen LogP contribution in [0.4, 0.5) is 0 Å². The quantitative estimate of drug-likeness (QED) is 0.187. The molecule has 0 aromatic heterocycles. The number of hydrogen-bond acceptors (Lipinski definition) is 5. The van der Waals surface area contributed by atoms with Gasteiger partial charge in [0, 0.05) is 60.4 Å². The van der Waals surface area contributed by atoms with E-state index in [4.69, 9.17) is 39.0 Å². The van der Waals surface area contributed by atoms with Crippen molar-refractivity contribution in [1.29, 1.82) is 0 Å². The van der Waals surface area contributed by atoms with E-state index < -0.39 is 58.0 Å². The first-order valence-corrected chi connectivity index (χ1v) is 72.3. The van der Waals surface area contributed by atoms with E-state index in [1.165, 1.54) is 184 Å². The van der Waals surface area contributed by atoms with Crippen LogP contribution in [0.25, 0.3) is 4.98 Å². The van der Waals surface area contributed by atoms with Gasteiger partial charge in [-0.3, -0.25) is 24.5 Å². The van der Waals surface area contributed by atoms with E-state index in [9.17, 15) is 0 Å². The van der Waals surface area contributed by atoms with E-state index in [-0.39, 0.29) is 135 Å². The van der Waals surface area contributed by atoms with Crippen LogP contribution < -0.4 is 0 Å². The number of hydrogen-bond donors (Lipinski definition) is 0. The maximum absolute atomic E-state index is 5.54. The summed E-state index contributed by atoms with van der Waals surface area (Å²) in [7, 11) is 29.6. The summed E-state index contributed by atoms with van der Waals surface area (Å²) in [6.45, 7) is 17.9. The summed E-state index contributed by atoms with van der Waals surface area (Å²) in [6.07, 6.45) is 83.2. The molecule has 5 saturated heterocycles. The van der Waals surface area contributed by atoms with Crippen LogP contribution in [-0.4, -0.2) is 142 Å². The van der Waals surface area contributed by atoms with Gasteiger partial charge >= 0.3 is 124 Å². The van der Waals surface area contributed by atoms with Crippen LogP contribution in [-0.2, 0) is 89.6 Å². The summed E-state index contributed by atoms with van der Waals surface area (Å²) in [5, 5.41) is 0. The van der Waals surface area contributed by atoms with Gasteiger partial charge in [-0.05, 0) is 322 Å². The van der Waals surface area contributed by atoms with Crippen molar-refractivity contribution in [2.75, 3.05) is 35.2 Å². The van der Waals surface area contributed by atoms with Gasteiger partial charge in [0.1, 0.15) is 0 Å². The largest absolute Gasteiger partial charge is 4.00 e. The Labute approximate surface area is 895 Å². The topological polar surface area (TPSA) is 30.3 Å². The van der Waals surface area contributed by atoms with Crippen molar-refractivity contribution in [1.82, 2.24) is 24.5 Å². The maximum Gasteiger partial charge on any atom is 4.00 e. The van der Waals surface area contributed by atoms with E-state index in [2.05, 4.69) is 107 Å². The SMILES string of the molecule is C1CCC2CCCC2C1.CN1C2CCCCC2C2C1C1CCCCC1C2[Si](C)(C)C1CCCC1.CN1C2CCCCC2C2C3CCCCC3C(CCC3C4CCCCC4C4C5CCCCC5N(C)C34)C21.CN1C2CCCCC2C2C3CCCCC3C([Si](C)(C)[N-]C(C)(C)C)C21.CN1C2CCCCC2C2CC3CCCCC3C21.[CH3-].[CH3-].[CH3-].[CH3-].[CH3-].[CH3-].[CH3-].[CH3-].[CH3-].[CH3-].[CH3-].[Cl][Zr+2][Cl].[Cl][Zr+2][Cl].[Ti+4].[Zr+4]. The molecule has 5 heterocycles. The van der Waals surface area contributed by atoms with Gasteiger partial charge in [-0.1, -0.05) is 274 Å². The zero-order valence-corrected chi connectivity index (χ0v) is 104. The van der Waals surface area contributed by atoms with Crippen molar-refractivity contribution in [3.8, 4) is 0 Å². The minimum atomic E-state index is -1.62. The molecule has 131 heavy (non-hydrogen) atoms. The Morgan fingerprint density at radius 3 is 0.924 bits per heavy atom. The number of halogens is 4. The van der Waals surface area contributed by atoms with Crippen LogP contribution >= 0.6 is 34.1 Å². The fourth-order valence-electron chi connectivity index (χ4n) is 40.3. The molecule has 23 fully saturated rings. The van der Waals surface area contributed by atoms with Crippen LogP contribution in [0, 0.1) is 224 Å². The zero-order chi connectivity index (χ0) is 82.1. The summed E-state index contributed by atoms with van der Waals surface area (Å²) in [5.41, 5.74) is 3.35. The van der Waals surface area contributed by atoms with E-state index in [1.807, 2.05) is 0 Å². The molecule has 0 radical (unpaired) electrons. The van der Waals surface area contributed by atoms with Gasteiger partial charge in [0.2, 0.25) is 0 Å². The summed E-state index contributed by atoms with van der Waals surface area (Å²) < 4.78 is 0. The minimum absolute atomic E-state index is 0. The Morgan fingerprint density at radius 1 is 0.267 bits per heavy atom. The van der Waals surface area contributed by atoms with Gasteiger partial charge in [-0.15, -0.1) is 5.54 Å². The molecule has 0 spiro atoms. The monoisotopic (exact) mass is 2190 g/mol. The summed E-state index contributed by atoms with van der Waals surface area (Å²) >= 11 is -1.65. The molecule has 0 bridgehead atoms. The molecule has 16 heteroatoms. The predicted molar refractivity (Wildman–Crippen MR) is 573 cm³/mol. The fraction of sp³-hybridized carbons (Fsp3) is 0.904. The van der Waals surface area contributed by atoms with Crippen LogP contribution in [0.15, 0.2) is 0 Å². The maximum atomic E-state index is 5.54. The van der Waals surface area contributed by atoms with Crippen molar-refractivity contribution in [3.63, 3.8) is 0 Å². The molecule has 18 aliphatic carbocycles. The Balaban J connectivity index is 0.000000343. The first kappa shape index (κ1) is 128. The van der Waals surface area contributed by atoms with E-state index in [0.29, 0.717) is 0 Å². The molecule has 0 aromatic rings. The van der Waals surface area contributed by atoms with E-state index >= 15 is 0 Å². The average molecular weight is 2200 g/mol. The Hall–Kier alpha value is 4.72. The van der Waals surface area contributed by atoms with Crippen LogP contribution in [0.1, 0.15) is 367 Å². The third kappa shape index (κ3) is 25.7. The fourth-order valence-corrected chi connectivity index (χ4v) is 50.3. The molecule has 0 amide bonds. The Kier molecular flexibility index (Phi) is 55.6. The Bertz CT molecular complexity index is 3070. The predicted octanol–water partition coefficient (Wildman–Crippen LogP) is 34.3. The van der Waals surface area contributed by atoms with Crippen molar-refractivity contribution < 1.29 is 89.6 Å². The van der Waals surface area contributed by atoms with Crippen molar-refractivity contribution in [3.05, 3.63) is 86.7 Å². The van der Waals surface area contributed by atoms with Crippen molar-refractivity contribution in [2.45, 2.75) is 476 Å². The first-order chi connectivity index (χ1) is 57.2. The second-order valence-electron chi connectivity index (χ2n) is 49.3. The molecule has 23 aliphatic rings. The molecule has 5 aliphatic heterocycles. The molecule has 23 rings (SSSR count). The van der Waals surface area contributed by atoms with Gasteiger partial charge in [0.15, 0.2) is 0 Å². The normalized spacial score (nSPS) is 43.5. The van der Waals surface area contributed by atoms with Gasteiger partial charge in [-0.25, -0.2) is 0 Å². The number of fused-ring (bicyclic) bond motifs is 26. The number of likely N-dealkylation sites (tertiary alicyclic amines) is 5. The van der Waals surface area contributed by atoms with Gasteiger partial charge < -0.3 is 86.7 Å². The van der Waals surface area contributed by atoms with Crippen molar-refractivity contribution >= 4 is 50.4 Å². The first-order valence-electron chi connectivity index (χ1n) is 53.5. The average Bonchev–Trinajstić information content (AvgIpc) is 1.56. The Morgan fingerprint density at radius 2 is 0.527 bits per heavy atom. The van der Waals surface area contributed by atoms with Crippen molar-refractivity contribution in [2.24, 2.45) is 142 Å². The zero-order valence-electron chi connectivity index (χ0n) is 90.2. The van der Waals surface area contributed by atoms with Crippen LogP contribution in [0.3, 0.4) is 0 Å². The number of nitrogens with zero attached hydrogens (tertiary/aromatic N) is 6. The molecule has 0 N–H and O–H groups in total. The molecular formula is C115H214Cl4N6Si2TiZr3. The van der Waals surface area contributed by atoms with Gasteiger partial charge in [0.25, 0.3) is 0 Å². The molecule has 36 atom stereocenters. The standard InChI is InChI=1S/C34H56N2.C23H41NSi.C22H41N2Si.C16H27N.C9H16.11CH3.4ClH.Ti.3Zr/c1-35-29-17-9-7-15-27(29)31-23-13-5-3-11-21(23)25(33(31)35)19-20-26-22-12-4-6-14-24(22)32-28-16-8-10-18-30(28)36(2)34(26)32;1-24-20-15-9-8-14-19(20)21-22(24)17-12-6-7-13-18(17)23(21)25(2,3)16-10-4-5-11-16;1-22(2,3)23-25(5,6)21-16-12-8-7-11-15(16)19-17-13-9-10-14-18(17)24(4)20(19)21;1-17-15-9-5-4-8-13(15)14-10-11-6-2-3-7-12(11)16(14)17;1-2-5-9-7-3-6-8(9)4-1;;;;;;;;;;;;;;;;;;;/h21-34H,3-20H2,1-2H3;16-23H,4-15H2,1-3H3;15-21H,7-14H2,1-6H3;11-16H,2-10H2,1H3;8-9H,1-7H2;11*1H3;4*1H;;;;/q;;-1;;;11*-1;;;;;4*+4/p-4. The molecule has 18 saturated carbocycles. The van der Waals surface area contributed by atoms with Gasteiger partial charge in [0.05, 0.1) is 8.07 Å². The summed E-state index contributed by atoms with van der Waals surface area (Å²) in [5.74, 6) is 25.8. The molecular weight excluding hydrogens is 1980 g/mol. The second kappa shape index (κ2) is 56.9. The third-order valence-corrected chi connectivity index (χ3v) is 52.1. The molecule has 6 nitrogen and oxygen atoms in total. The van der Waals surface area contributed by atoms with E-state index in [0.717, 1.165) is 202 Å². The molecule has 36 unspecified atom stereocenters. The smallest absolute Gasteiger partial charge is 4.00 e. The minimum Gasteiger partial charge on any atom is 4.00 e. The number of rotatable bonds is 7. The van der Waals surface area contributed by atoms with Crippen LogP contribution in [0.5, 0.6) is 0 Å². The second-order valence-corrected chi connectivity index (χ2v) is 66.1. The van der Waals surface area contributed by atoms with Crippen LogP contribution in [0.2, 0.25) is 42.8 Å². The third-order valence-electron chi connectivity index (χ3n) is 43.3. The molecule has 756 valence electrons. The summed E-state index contributed by atoms with van der Waals surface area (Å²) in [6, 6.07) is 9.46. The van der Waals surface area contributed by atoms with E-state index in [1.54, 1.807) is 180 Å². The van der Waals surface area contributed by atoms with Gasteiger partial charge in [-0.2, -0.15) is 0 Å². The summed E-state index contributed by atoms with van der Waals surface area (Å²) in [4.78, 5) is 20.3. The molecule has 0 aromatic carbocycles.